The van der Waals surface area contributed by atoms with Crippen LogP contribution in [0.5, 0.6) is 0 Å². The number of nitrogens with zero attached hydrogens (tertiary/aromatic N) is 4. The van der Waals surface area contributed by atoms with Crippen molar-refractivity contribution >= 4 is 54.6 Å². The van der Waals surface area contributed by atoms with Crippen LogP contribution in [0.3, 0.4) is 0 Å². The van der Waals surface area contributed by atoms with Gasteiger partial charge in [-0.2, -0.15) is 0 Å². The van der Waals surface area contributed by atoms with Gasteiger partial charge in [-0.25, -0.2) is 4.98 Å². The minimum Gasteiger partial charge on any atom is -0.500 e. The third-order valence-corrected chi connectivity index (χ3v) is 9.65. The molecule has 6 aromatic carbocycles. The number of imidazole rings is 1. The molecule has 0 aliphatic heterocycles. The van der Waals surface area contributed by atoms with Crippen molar-refractivity contribution in [3.63, 3.8) is 0 Å². The van der Waals surface area contributed by atoms with Gasteiger partial charge in [0, 0.05) is 53.1 Å². The van der Waals surface area contributed by atoms with Gasteiger partial charge in [0.15, 0.2) is 5.65 Å². The van der Waals surface area contributed by atoms with Crippen molar-refractivity contribution in [2.75, 3.05) is 0 Å². The van der Waals surface area contributed by atoms with Crippen LogP contribution in [-0.4, -0.2) is 19.5 Å². The molecular weight excluding hydrogens is 841 g/mol. The minimum atomic E-state index is -2.09. The summed E-state index contributed by atoms with van der Waals surface area (Å²) in [7, 11) is 0. The van der Waals surface area contributed by atoms with Crippen LogP contribution < -0.4 is 0 Å². The summed E-state index contributed by atoms with van der Waals surface area (Å²) in [6.45, 7) is 4.59. The van der Waals surface area contributed by atoms with E-state index in [2.05, 4.69) is 127 Å². The molecule has 0 N–H and O–H groups in total. The summed E-state index contributed by atoms with van der Waals surface area (Å²) in [6, 6.07) is 51.0. The van der Waals surface area contributed by atoms with Crippen molar-refractivity contribution in [1.29, 1.82) is 0 Å². The molecule has 265 valence electrons. The normalized spacial score (nSPS) is 12.6. The van der Waals surface area contributed by atoms with E-state index in [1.165, 1.54) is 22.5 Å². The number of hydrogen-bond acceptors (Lipinski definition) is 4. The number of fused-ring (bicyclic) bond motifs is 8. The molecule has 0 atom stereocenters. The van der Waals surface area contributed by atoms with Crippen LogP contribution in [0.25, 0.3) is 83.0 Å². The summed E-state index contributed by atoms with van der Waals surface area (Å²) >= 11 is 0. The van der Waals surface area contributed by atoms with Crippen molar-refractivity contribution < 1.29 is 28.6 Å². The first kappa shape index (κ1) is 31.6. The number of furan rings is 1. The summed E-state index contributed by atoms with van der Waals surface area (Å²) in [5.74, 6) is 0.768. The zero-order valence-electron chi connectivity index (χ0n) is 32.9. The second-order valence-corrected chi connectivity index (χ2v) is 14.1. The fraction of sp³-hybridized carbons (Fsp3) is 0.104. The molecule has 0 saturated heterocycles. The van der Waals surface area contributed by atoms with Gasteiger partial charge in [-0.05, 0) is 63.4 Å². The van der Waals surface area contributed by atoms with Gasteiger partial charge >= 0.3 is 0 Å². The third kappa shape index (κ3) is 6.18. The molecule has 10 rings (SSSR count). The van der Waals surface area contributed by atoms with Gasteiger partial charge in [0.05, 0.1) is 16.9 Å². The Kier molecular flexibility index (Phi) is 8.26. The Hall–Kier alpha value is -5.94. The molecule has 10 aromatic rings. The Morgan fingerprint density at radius 3 is 2.24 bits per heavy atom. The minimum absolute atomic E-state index is 0. The van der Waals surface area contributed by atoms with Gasteiger partial charge in [-0.15, -0.1) is 54.1 Å². The standard InChI is InChI=1S/C36H26N3O.C12H10N.Ir/c1-36(2,3)29-20-21-37-34-31(29)39(24-11-5-4-6-12-24)35(38-34)28-15-9-14-26-27-19-18-23-17-16-22-10-7-8-13-25(22)30(23)33(27)40-32(26)28;1-10-7-8-12(13-9-10)11-5-3-2-4-6-11;/h4-14,16-21H,1-3H3;2-5,7-9H,1H3;/q2*-1;/i;1D3;. The average molecular weight is 880 g/mol. The molecule has 4 aromatic heterocycles. The quantitative estimate of drug-likeness (QED) is 0.131. The predicted molar refractivity (Wildman–Crippen MR) is 217 cm³/mol. The Bertz CT molecular complexity index is 3040. The van der Waals surface area contributed by atoms with Crippen LogP contribution in [0.4, 0.5) is 0 Å². The van der Waals surface area contributed by atoms with E-state index in [4.69, 9.17) is 18.5 Å². The van der Waals surface area contributed by atoms with Crippen LogP contribution in [0, 0.1) is 19.0 Å². The van der Waals surface area contributed by atoms with Crippen LogP contribution in [-0.2, 0) is 25.5 Å². The molecule has 0 spiro atoms. The van der Waals surface area contributed by atoms with Crippen LogP contribution >= 0.6 is 0 Å². The maximum absolute atomic E-state index is 7.23. The monoisotopic (exact) mass is 880 g/mol. The summed E-state index contributed by atoms with van der Waals surface area (Å²) < 4.78 is 30.8. The average Bonchev–Trinajstić information content (AvgIpc) is 3.80. The number of aromatic nitrogens is 4. The molecule has 0 unspecified atom stereocenters. The van der Waals surface area contributed by atoms with Crippen molar-refractivity contribution in [2.24, 2.45) is 0 Å². The molecule has 54 heavy (non-hydrogen) atoms. The Morgan fingerprint density at radius 2 is 1.46 bits per heavy atom. The van der Waals surface area contributed by atoms with E-state index < -0.39 is 6.85 Å². The summed E-state index contributed by atoms with van der Waals surface area (Å²) in [5, 5.41) is 6.81. The molecule has 6 heteroatoms. The third-order valence-electron chi connectivity index (χ3n) is 9.65. The van der Waals surface area contributed by atoms with E-state index in [-0.39, 0.29) is 31.1 Å². The van der Waals surface area contributed by atoms with Gasteiger partial charge < -0.3 is 14.0 Å². The van der Waals surface area contributed by atoms with Crippen molar-refractivity contribution in [3.05, 3.63) is 169 Å². The molecule has 0 bridgehead atoms. The summed E-state index contributed by atoms with van der Waals surface area (Å²) in [6.07, 6.45) is 3.25. The number of para-hydroxylation sites is 1. The zero-order chi connectivity index (χ0) is 38.6. The first-order chi connectivity index (χ1) is 27.1. The van der Waals surface area contributed by atoms with E-state index in [1.807, 2.05) is 36.5 Å². The molecular formula is C48H36IrN4O-2. The van der Waals surface area contributed by atoms with Gasteiger partial charge in [-0.3, -0.25) is 4.98 Å². The van der Waals surface area contributed by atoms with Crippen LogP contribution in [0.1, 0.15) is 36.0 Å². The van der Waals surface area contributed by atoms with E-state index in [9.17, 15) is 0 Å². The Balaban J connectivity index is 0.000000226. The Morgan fingerprint density at radius 1 is 0.685 bits per heavy atom. The fourth-order valence-electron chi connectivity index (χ4n) is 7.16. The maximum atomic E-state index is 7.23. The largest absolute Gasteiger partial charge is 0.500 e. The fourth-order valence-corrected chi connectivity index (χ4v) is 7.16. The molecule has 1 radical (unpaired) electrons. The smallest absolute Gasteiger partial charge is 0.168 e. The molecule has 0 amide bonds. The predicted octanol–water partition coefficient (Wildman–Crippen LogP) is 12.2. The molecule has 5 nitrogen and oxygen atoms in total. The zero-order valence-corrected chi connectivity index (χ0v) is 32.3. The Labute approximate surface area is 331 Å². The van der Waals surface area contributed by atoms with Gasteiger partial charge in [0.25, 0.3) is 0 Å². The maximum Gasteiger partial charge on any atom is 0.168 e. The van der Waals surface area contributed by atoms with E-state index >= 15 is 0 Å². The number of hydrogen-bond donors (Lipinski definition) is 0. The molecule has 0 aliphatic rings. The molecule has 0 fully saturated rings. The van der Waals surface area contributed by atoms with E-state index in [0.717, 1.165) is 66.6 Å². The number of aryl methyl sites for hydroxylation is 1. The topological polar surface area (TPSA) is 56.7 Å². The molecule has 0 aliphatic carbocycles. The van der Waals surface area contributed by atoms with Crippen LogP contribution in [0.2, 0.25) is 0 Å². The van der Waals surface area contributed by atoms with E-state index in [1.54, 1.807) is 18.2 Å². The van der Waals surface area contributed by atoms with Gasteiger partial charge in [-0.1, -0.05) is 111 Å². The number of rotatable bonds is 3. The second kappa shape index (κ2) is 14.1. The second-order valence-electron chi connectivity index (χ2n) is 14.1. The SMILES string of the molecule is CC(C)(C)c1ccnc2nc(-c3[c-]ccc4c3oc3c4ccc4ccc5ccccc5c43)n(-c3ccccc3)c12.[2H]C([2H])([2H])c1ccc(-c2[c-]cccc2)nc1.[Ir]. The molecule has 4 heterocycles. The van der Waals surface area contributed by atoms with Gasteiger partial charge in [0.1, 0.15) is 5.58 Å². The summed E-state index contributed by atoms with van der Waals surface area (Å²) in [5.41, 5.74) is 8.18. The first-order valence-corrected chi connectivity index (χ1v) is 17.6. The first-order valence-electron chi connectivity index (χ1n) is 19.1. The number of pyridine rings is 2. The van der Waals surface area contributed by atoms with Gasteiger partial charge in [0.2, 0.25) is 0 Å². The van der Waals surface area contributed by atoms with E-state index in [0.29, 0.717) is 5.65 Å². The van der Waals surface area contributed by atoms with Crippen molar-refractivity contribution in [3.8, 4) is 28.3 Å². The number of benzene rings is 6. The summed E-state index contributed by atoms with van der Waals surface area (Å²) in [4.78, 5) is 14.0. The van der Waals surface area contributed by atoms with Crippen molar-refractivity contribution in [2.45, 2.75) is 33.0 Å². The molecule has 0 saturated carbocycles. The van der Waals surface area contributed by atoms with Crippen molar-refractivity contribution in [1.82, 2.24) is 19.5 Å². The van der Waals surface area contributed by atoms with Crippen LogP contribution in [0.15, 0.2) is 150 Å².